The van der Waals surface area contributed by atoms with Gasteiger partial charge in [-0.25, -0.2) is 0 Å². The molecule has 0 aromatic heterocycles. The van der Waals surface area contributed by atoms with Crippen LogP contribution in [0, 0.1) is 17.8 Å². The first-order valence-corrected chi connectivity index (χ1v) is 6.93. The Morgan fingerprint density at radius 2 is 1.83 bits per heavy atom. The van der Waals surface area contributed by atoms with Gasteiger partial charge in [0.1, 0.15) is 0 Å². The van der Waals surface area contributed by atoms with E-state index in [9.17, 15) is 4.79 Å². The molecular weight excluding hydrogens is 242 g/mol. The zero-order valence-corrected chi connectivity index (χ0v) is 12.5. The van der Waals surface area contributed by atoms with Crippen LogP contribution in [0.15, 0.2) is 29.2 Å². The van der Waals surface area contributed by atoms with Crippen molar-refractivity contribution in [3.8, 4) is 0 Å². The molecule has 18 heavy (non-hydrogen) atoms. The molecule has 0 bridgehead atoms. The minimum Gasteiger partial charge on any atom is -0.352 e. The number of hydrogen-bond acceptors (Lipinski definition) is 2. The van der Waals surface area contributed by atoms with Gasteiger partial charge < -0.3 is 5.32 Å². The third-order valence-corrected chi connectivity index (χ3v) is 3.60. The van der Waals surface area contributed by atoms with Gasteiger partial charge in [0.15, 0.2) is 0 Å². The number of rotatable bonds is 5. The van der Waals surface area contributed by atoms with E-state index in [2.05, 4.69) is 45.6 Å². The van der Waals surface area contributed by atoms with Gasteiger partial charge >= 0.3 is 0 Å². The van der Waals surface area contributed by atoms with E-state index in [0.29, 0.717) is 23.3 Å². The Bertz CT molecular complexity index is 393. The standard InChI is InChI=1S/C15H23NOS/c1-10(2)14(11(3)4)9-16-15(17)12-6-5-7-13(18)8-12/h5-8,10-11,14,18H,9H2,1-4H3,(H,16,17). The number of amides is 1. The summed E-state index contributed by atoms with van der Waals surface area (Å²) in [4.78, 5) is 12.8. The topological polar surface area (TPSA) is 29.1 Å². The molecule has 0 fully saturated rings. The van der Waals surface area contributed by atoms with Crippen LogP contribution in [0.1, 0.15) is 38.1 Å². The molecule has 0 saturated heterocycles. The maximum absolute atomic E-state index is 12.0. The largest absolute Gasteiger partial charge is 0.352 e. The summed E-state index contributed by atoms with van der Waals surface area (Å²) in [5.74, 6) is 1.63. The number of nitrogens with one attached hydrogen (secondary N) is 1. The molecule has 2 nitrogen and oxygen atoms in total. The number of carbonyl (C=O) groups is 1. The molecule has 0 atom stereocenters. The maximum atomic E-state index is 12.0. The summed E-state index contributed by atoms with van der Waals surface area (Å²) in [6.45, 7) is 9.53. The molecule has 1 rings (SSSR count). The second kappa shape index (κ2) is 6.83. The van der Waals surface area contributed by atoms with Crippen LogP contribution in [0.25, 0.3) is 0 Å². The number of thiol groups is 1. The van der Waals surface area contributed by atoms with Gasteiger partial charge in [0.25, 0.3) is 5.91 Å². The van der Waals surface area contributed by atoms with Crippen molar-refractivity contribution >= 4 is 18.5 Å². The van der Waals surface area contributed by atoms with Crippen molar-refractivity contribution in [2.75, 3.05) is 6.54 Å². The quantitative estimate of drug-likeness (QED) is 0.782. The smallest absolute Gasteiger partial charge is 0.251 e. The van der Waals surface area contributed by atoms with Crippen LogP contribution in [-0.4, -0.2) is 12.5 Å². The van der Waals surface area contributed by atoms with E-state index in [0.717, 1.165) is 11.4 Å². The van der Waals surface area contributed by atoms with Crippen LogP contribution in [0.3, 0.4) is 0 Å². The van der Waals surface area contributed by atoms with E-state index in [-0.39, 0.29) is 5.91 Å². The lowest BCUT2D eigenvalue weighted by Crippen LogP contribution is -2.33. The van der Waals surface area contributed by atoms with E-state index in [4.69, 9.17) is 0 Å². The maximum Gasteiger partial charge on any atom is 0.251 e. The first-order valence-electron chi connectivity index (χ1n) is 6.49. The van der Waals surface area contributed by atoms with Gasteiger partial charge in [0, 0.05) is 17.0 Å². The highest BCUT2D eigenvalue weighted by Gasteiger charge is 2.18. The number of hydrogen-bond donors (Lipinski definition) is 2. The minimum absolute atomic E-state index is 0.0165. The summed E-state index contributed by atoms with van der Waals surface area (Å²) >= 11 is 4.24. The first kappa shape index (κ1) is 15.1. The molecule has 0 aliphatic carbocycles. The molecule has 0 saturated carbocycles. The molecular formula is C15H23NOS. The molecule has 100 valence electrons. The van der Waals surface area contributed by atoms with Crippen LogP contribution < -0.4 is 5.32 Å². The lowest BCUT2D eigenvalue weighted by atomic mass is 9.85. The molecule has 0 radical (unpaired) electrons. The molecule has 1 N–H and O–H groups in total. The molecule has 1 aromatic rings. The third-order valence-electron chi connectivity index (χ3n) is 3.32. The fraction of sp³-hybridized carbons (Fsp3) is 0.533. The van der Waals surface area contributed by atoms with Crippen molar-refractivity contribution in [2.24, 2.45) is 17.8 Å². The summed E-state index contributed by atoms with van der Waals surface area (Å²) in [6.07, 6.45) is 0. The molecule has 0 aliphatic rings. The summed E-state index contributed by atoms with van der Waals surface area (Å²) in [6, 6.07) is 7.32. The summed E-state index contributed by atoms with van der Waals surface area (Å²) in [5.41, 5.74) is 0.675. The Balaban J connectivity index is 2.60. The monoisotopic (exact) mass is 265 g/mol. The predicted molar refractivity (Wildman–Crippen MR) is 79.2 cm³/mol. The fourth-order valence-corrected chi connectivity index (χ4v) is 2.43. The minimum atomic E-state index is -0.0165. The Hall–Kier alpha value is -0.960. The highest BCUT2D eigenvalue weighted by atomic mass is 32.1. The van der Waals surface area contributed by atoms with Gasteiger partial charge in [-0.1, -0.05) is 33.8 Å². The summed E-state index contributed by atoms with van der Waals surface area (Å²) in [7, 11) is 0. The lowest BCUT2D eigenvalue weighted by Gasteiger charge is -2.25. The normalized spacial score (nSPS) is 11.3. The van der Waals surface area contributed by atoms with Crippen molar-refractivity contribution in [2.45, 2.75) is 32.6 Å². The highest BCUT2D eigenvalue weighted by molar-refractivity contribution is 7.80. The molecule has 3 heteroatoms. The fourth-order valence-electron chi connectivity index (χ4n) is 2.20. The van der Waals surface area contributed by atoms with Gasteiger partial charge in [0.2, 0.25) is 0 Å². The van der Waals surface area contributed by atoms with Crippen LogP contribution in [-0.2, 0) is 0 Å². The van der Waals surface area contributed by atoms with Crippen molar-refractivity contribution in [1.82, 2.24) is 5.32 Å². The van der Waals surface area contributed by atoms with Crippen LogP contribution in [0.4, 0.5) is 0 Å². The van der Waals surface area contributed by atoms with Crippen LogP contribution in [0.2, 0.25) is 0 Å². The molecule has 1 amide bonds. The second-order valence-electron chi connectivity index (χ2n) is 5.41. The van der Waals surface area contributed by atoms with Crippen molar-refractivity contribution in [3.63, 3.8) is 0 Å². The highest BCUT2D eigenvalue weighted by Crippen LogP contribution is 2.19. The Morgan fingerprint density at radius 3 is 2.33 bits per heavy atom. The number of benzene rings is 1. The third kappa shape index (κ3) is 4.37. The molecule has 0 spiro atoms. The second-order valence-corrected chi connectivity index (χ2v) is 5.93. The van der Waals surface area contributed by atoms with Crippen molar-refractivity contribution in [3.05, 3.63) is 29.8 Å². The number of carbonyl (C=O) groups excluding carboxylic acids is 1. The van der Waals surface area contributed by atoms with Crippen molar-refractivity contribution in [1.29, 1.82) is 0 Å². The Kier molecular flexibility index (Phi) is 5.73. The summed E-state index contributed by atoms with van der Waals surface area (Å²) in [5, 5.41) is 3.02. The average molecular weight is 265 g/mol. The van der Waals surface area contributed by atoms with Crippen LogP contribution >= 0.6 is 12.6 Å². The van der Waals surface area contributed by atoms with Gasteiger partial charge in [-0.3, -0.25) is 4.79 Å². The van der Waals surface area contributed by atoms with E-state index < -0.39 is 0 Å². The van der Waals surface area contributed by atoms with Gasteiger partial charge in [-0.05, 0) is 36.0 Å². The SMILES string of the molecule is CC(C)C(CNC(=O)c1cccc(S)c1)C(C)C. The van der Waals surface area contributed by atoms with Gasteiger partial charge in [-0.2, -0.15) is 0 Å². The van der Waals surface area contributed by atoms with Gasteiger partial charge in [0.05, 0.1) is 0 Å². The molecule has 0 aliphatic heterocycles. The van der Waals surface area contributed by atoms with E-state index >= 15 is 0 Å². The molecule has 0 heterocycles. The van der Waals surface area contributed by atoms with Crippen LogP contribution in [0.5, 0.6) is 0 Å². The zero-order chi connectivity index (χ0) is 13.7. The van der Waals surface area contributed by atoms with Crippen molar-refractivity contribution < 1.29 is 4.79 Å². The van der Waals surface area contributed by atoms with E-state index in [1.165, 1.54) is 0 Å². The zero-order valence-electron chi connectivity index (χ0n) is 11.6. The van der Waals surface area contributed by atoms with E-state index in [1.807, 2.05) is 18.2 Å². The van der Waals surface area contributed by atoms with E-state index in [1.54, 1.807) is 6.07 Å². The predicted octanol–water partition coefficient (Wildman–Crippen LogP) is 3.63. The lowest BCUT2D eigenvalue weighted by molar-refractivity contribution is 0.0937. The Labute approximate surface area is 116 Å². The Morgan fingerprint density at radius 1 is 1.22 bits per heavy atom. The average Bonchev–Trinajstić information content (AvgIpc) is 2.28. The summed E-state index contributed by atoms with van der Waals surface area (Å²) < 4.78 is 0. The first-order chi connectivity index (χ1) is 8.41. The molecule has 0 unspecified atom stereocenters. The molecule has 1 aromatic carbocycles. The van der Waals surface area contributed by atoms with Gasteiger partial charge in [-0.15, -0.1) is 12.6 Å².